The third kappa shape index (κ3) is 2.50. The SMILES string of the molecule is Cc1ccc(-c2ccc(Cl)cc2)cc1C1C(=O)[C@@H]2CC[C@@H](C2)C1=O. The van der Waals surface area contributed by atoms with Crippen LogP contribution in [0.4, 0.5) is 0 Å². The van der Waals surface area contributed by atoms with E-state index < -0.39 is 5.92 Å². The monoisotopic (exact) mass is 338 g/mol. The van der Waals surface area contributed by atoms with Crippen molar-refractivity contribution in [3.05, 3.63) is 58.6 Å². The highest BCUT2D eigenvalue weighted by atomic mass is 35.5. The molecule has 24 heavy (non-hydrogen) atoms. The quantitative estimate of drug-likeness (QED) is 0.725. The van der Waals surface area contributed by atoms with Gasteiger partial charge in [0, 0.05) is 16.9 Å². The first-order chi connectivity index (χ1) is 11.5. The molecule has 3 heteroatoms. The number of hydrogen-bond donors (Lipinski definition) is 0. The van der Waals surface area contributed by atoms with Crippen LogP contribution >= 0.6 is 11.6 Å². The standard InChI is InChI=1S/C21H19ClO2/c1-12-2-3-14(13-6-8-17(22)9-7-13)11-18(12)19-20(23)15-4-5-16(10-15)21(19)24/h2-3,6-9,11,15-16,19H,4-5,10H2,1H3/t15-,16+,19?. The summed E-state index contributed by atoms with van der Waals surface area (Å²) in [6, 6.07) is 13.7. The van der Waals surface area contributed by atoms with Crippen molar-refractivity contribution in [1.29, 1.82) is 0 Å². The lowest BCUT2D eigenvalue weighted by Crippen LogP contribution is -2.35. The Kier molecular flexibility index (Phi) is 3.80. The van der Waals surface area contributed by atoms with E-state index in [0.29, 0.717) is 5.02 Å². The van der Waals surface area contributed by atoms with Crippen LogP contribution in [0.5, 0.6) is 0 Å². The molecule has 0 heterocycles. The summed E-state index contributed by atoms with van der Waals surface area (Å²) >= 11 is 5.97. The predicted octanol–water partition coefficient (Wildman–Crippen LogP) is 4.97. The lowest BCUT2D eigenvalue weighted by Gasteiger charge is -2.27. The molecule has 0 aliphatic heterocycles. The van der Waals surface area contributed by atoms with Gasteiger partial charge in [0.2, 0.25) is 0 Å². The second-order valence-electron chi connectivity index (χ2n) is 7.02. The molecule has 2 saturated carbocycles. The fourth-order valence-electron chi connectivity index (χ4n) is 4.19. The average molecular weight is 339 g/mol. The van der Waals surface area contributed by atoms with Crippen molar-refractivity contribution in [1.82, 2.24) is 0 Å². The summed E-state index contributed by atoms with van der Waals surface area (Å²) in [5.41, 5.74) is 3.96. The van der Waals surface area contributed by atoms with Crippen molar-refractivity contribution in [3.8, 4) is 11.1 Å². The summed E-state index contributed by atoms with van der Waals surface area (Å²) in [6.07, 6.45) is 2.52. The Hall–Kier alpha value is -1.93. The molecule has 0 amide bonds. The molecule has 0 aromatic heterocycles. The highest BCUT2D eigenvalue weighted by molar-refractivity contribution is 6.30. The molecule has 2 fully saturated rings. The number of ketones is 2. The van der Waals surface area contributed by atoms with Crippen LogP contribution in [-0.2, 0) is 9.59 Å². The number of hydrogen-bond acceptors (Lipinski definition) is 2. The van der Waals surface area contributed by atoms with Gasteiger partial charge in [0.25, 0.3) is 0 Å². The van der Waals surface area contributed by atoms with Gasteiger partial charge in [-0.25, -0.2) is 0 Å². The minimum atomic E-state index is -0.566. The molecular weight excluding hydrogens is 320 g/mol. The smallest absolute Gasteiger partial charge is 0.150 e. The minimum Gasteiger partial charge on any atom is -0.298 e. The van der Waals surface area contributed by atoms with Gasteiger partial charge in [-0.05, 0) is 66.6 Å². The van der Waals surface area contributed by atoms with E-state index >= 15 is 0 Å². The summed E-state index contributed by atoms with van der Waals surface area (Å²) in [5.74, 6) is -0.147. The highest BCUT2D eigenvalue weighted by Gasteiger charge is 2.47. The average Bonchev–Trinajstić information content (AvgIpc) is 3.03. The molecule has 2 bridgehead atoms. The Bertz CT molecular complexity index is 800. The molecule has 122 valence electrons. The Morgan fingerprint density at radius 3 is 2.08 bits per heavy atom. The number of carbonyl (C=O) groups excluding carboxylic acids is 2. The summed E-state index contributed by atoms with van der Waals surface area (Å²) in [6.45, 7) is 1.98. The van der Waals surface area contributed by atoms with Crippen LogP contribution in [0.2, 0.25) is 5.02 Å². The van der Waals surface area contributed by atoms with Crippen molar-refractivity contribution in [2.75, 3.05) is 0 Å². The number of fused-ring (bicyclic) bond motifs is 2. The Labute approximate surface area is 146 Å². The highest BCUT2D eigenvalue weighted by Crippen LogP contribution is 2.45. The Balaban J connectivity index is 1.78. The van der Waals surface area contributed by atoms with Crippen LogP contribution in [-0.4, -0.2) is 11.6 Å². The molecule has 2 nitrogen and oxygen atoms in total. The molecule has 0 N–H and O–H groups in total. The van der Waals surface area contributed by atoms with Gasteiger partial charge in [0.05, 0.1) is 0 Å². The van der Waals surface area contributed by atoms with Crippen LogP contribution in [0, 0.1) is 18.8 Å². The molecule has 0 spiro atoms. The first-order valence-electron chi connectivity index (χ1n) is 8.48. The summed E-state index contributed by atoms with van der Waals surface area (Å²) in [7, 11) is 0. The van der Waals surface area contributed by atoms with Gasteiger partial charge in [-0.15, -0.1) is 0 Å². The van der Waals surface area contributed by atoms with E-state index in [2.05, 4.69) is 0 Å². The van der Waals surface area contributed by atoms with E-state index in [9.17, 15) is 9.59 Å². The number of Topliss-reactive ketones (excluding diaryl/α,β-unsaturated/α-hetero) is 2. The topological polar surface area (TPSA) is 34.1 Å². The third-order valence-electron chi connectivity index (χ3n) is 5.57. The first-order valence-corrected chi connectivity index (χ1v) is 8.86. The largest absolute Gasteiger partial charge is 0.298 e. The maximum Gasteiger partial charge on any atom is 0.150 e. The van der Waals surface area contributed by atoms with Crippen molar-refractivity contribution >= 4 is 23.2 Å². The van der Waals surface area contributed by atoms with Crippen LogP contribution in [0.15, 0.2) is 42.5 Å². The zero-order chi connectivity index (χ0) is 16.8. The van der Waals surface area contributed by atoms with Crippen molar-refractivity contribution in [2.24, 2.45) is 11.8 Å². The molecule has 2 aliphatic rings. The number of benzene rings is 2. The van der Waals surface area contributed by atoms with Crippen LogP contribution in [0.25, 0.3) is 11.1 Å². The van der Waals surface area contributed by atoms with Crippen molar-refractivity contribution in [3.63, 3.8) is 0 Å². The van der Waals surface area contributed by atoms with Gasteiger partial charge in [0.15, 0.2) is 11.6 Å². The van der Waals surface area contributed by atoms with Gasteiger partial charge in [-0.1, -0.05) is 35.9 Å². The molecule has 0 saturated heterocycles. The van der Waals surface area contributed by atoms with Crippen LogP contribution < -0.4 is 0 Å². The van der Waals surface area contributed by atoms with E-state index in [1.807, 2.05) is 49.4 Å². The van der Waals surface area contributed by atoms with Gasteiger partial charge >= 0.3 is 0 Å². The number of carbonyl (C=O) groups is 2. The van der Waals surface area contributed by atoms with Gasteiger partial charge in [-0.3, -0.25) is 9.59 Å². The summed E-state index contributed by atoms with van der Waals surface area (Å²) in [5, 5.41) is 0.695. The second-order valence-corrected chi connectivity index (χ2v) is 7.46. The zero-order valence-corrected chi connectivity index (χ0v) is 14.3. The normalized spacial score (nSPS) is 26.0. The molecule has 2 aromatic carbocycles. The number of halogens is 1. The van der Waals surface area contributed by atoms with Gasteiger partial charge < -0.3 is 0 Å². The number of aryl methyl sites for hydroxylation is 1. The fourth-order valence-corrected chi connectivity index (χ4v) is 4.32. The van der Waals surface area contributed by atoms with Crippen molar-refractivity contribution in [2.45, 2.75) is 32.1 Å². The Morgan fingerprint density at radius 2 is 1.46 bits per heavy atom. The minimum absolute atomic E-state index is 0.0799. The summed E-state index contributed by atoms with van der Waals surface area (Å²) in [4.78, 5) is 25.6. The Morgan fingerprint density at radius 1 is 0.875 bits per heavy atom. The van der Waals surface area contributed by atoms with Crippen molar-refractivity contribution < 1.29 is 9.59 Å². The van der Waals surface area contributed by atoms with E-state index in [1.165, 1.54) is 0 Å². The lowest BCUT2D eigenvalue weighted by molar-refractivity contribution is -0.135. The summed E-state index contributed by atoms with van der Waals surface area (Å²) < 4.78 is 0. The molecule has 0 radical (unpaired) electrons. The maximum absolute atomic E-state index is 12.8. The first kappa shape index (κ1) is 15.6. The van der Waals surface area contributed by atoms with E-state index in [0.717, 1.165) is 41.5 Å². The van der Waals surface area contributed by atoms with Gasteiger partial charge in [0.1, 0.15) is 5.92 Å². The van der Waals surface area contributed by atoms with Crippen LogP contribution in [0.3, 0.4) is 0 Å². The van der Waals surface area contributed by atoms with E-state index in [4.69, 9.17) is 11.6 Å². The van der Waals surface area contributed by atoms with Gasteiger partial charge in [-0.2, -0.15) is 0 Å². The number of rotatable bonds is 2. The predicted molar refractivity (Wildman–Crippen MR) is 95.2 cm³/mol. The molecule has 3 atom stereocenters. The van der Waals surface area contributed by atoms with E-state index in [1.54, 1.807) is 0 Å². The maximum atomic E-state index is 12.8. The molecule has 2 aliphatic carbocycles. The molecule has 4 rings (SSSR count). The second kappa shape index (κ2) is 5.86. The van der Waals surface area contributed by atoms with E-state index in [-0.39, 0.29) is 23.4 Å². The zero-order valence-electron chi connectivity index (χ0n) is 13.6. The molecule has 1 unspecified atom stereocenters. The van der Waals surface area contributed by atoms with Crippen LogP contribution in [0.1, 0.15) is 36.3 Å². The third-order valence-corrected chi connectivity index (χ3v) is 5.83. The fraction of sp³-hybridized carbons (Fsp3) is 0.333. The molecular formula is C21H19ClO2. The lowest BCUT2D eigenvalue weighted by atomic mass is 9.74. The molecule has 2 aromatic rings.